The number of methoxy groups -OCH3 is 1. The lowest BCUT2D eigenvalue weighted by atomic mass is 10.2. The third-order valence-corrected chi connectivity index (χ3v) is 4.31. The van der Waals surface area contributed by atoms with Gasteiger partial charge in [-0.25, -0.2) is 19.9 Å². The molecule has 0 aliphatic rings. The van der Waals surface area contributed by atoms with Crippen LogP contribution in [0.2, 0.25) is 5.02 Å². The number of pyridine rings is 2. The van der Waals surface area contributed by atoms with Gasteiger partial charge in [0.25, 0.3) is 5.88 Å². The number of hydrogen-bond acceptors (Lipinski definition) is 5. The zero-order valence-corrected chi connectivity index (χ0v) is 15.1. The minimum atomic E-state index is 0.433. The Morgan fingerprint density at radius 2 is 1.96 bits per heavy atom. The summed E-state index contributed by atoms with van der Waals surface area (Å²) >= 11 is 9.79. The van der Waals surface area contributed by atoms with Crippen molar-refractivity contribution in [3.8, 4) is 17.3 Å². The lowest BCUT2D eigenvalue weighted by Crippen LogP contribution is -1.98. The van der Waals surface area contributed by atoms with Crippen LogP contribution in [0, 0.1) is 6.92 Å². The Balaban J connectivity index is 1.96. The van der Waals surface area contributed by atoms with E-state index in [0.29, 0.717) is 33.6 Å². The Labute approximate surface area is 150 Å². The highest BCUT2D eigenvalue weighted by atomic mass is 79.9. The highest BCUT2D eigenvalue weighted by Crippen LogP contribution is 2.29. The zero-order chi connectivity index (χ0) is 16.8. The van der Waals surface area contributed by atoms with Gasteiger partial charge in [-0.05, 0) is 35.0 Å². The quantitative estimate of drug-likeness (QED) is 0.504. The average Bonchev–Trinajstić information content (AvgIpc) is 2.94. The second-order valence-corrected chi connectivity index (χ2v) is 6.59. The average molecular weight is 405 g/mol. The first-order valence-corrected chi connectivity index (χ1v) is 8.25. The molecule has 4 aromatic heterocycles. The molecule has 0 aromatic carbocycles. The molecule has 0 aliphatic carbocycles. The van der Waals surface area contributed by atoms with Gasteiger partial charge in [-0.15, -0.1) is 0 Å². The maximum Gasteiger partial charge on any atom is 0.258 e. The molecular weight excluding hydrogens is 394 g/mol. The second kappa shape index (κ2) is 5.68. The summed E-state index contributed by atoms with van der Waals surface area (Å²) < 4.78 is 8.07. The van der Waals surface area contributed by atoms with Gasteiger partial charge in [0, 0.05) is 28.4 Å². The number of ether oxygens (including phenoxy) is 1. The van der Waals surface area contributed by atoms with Gasteiger partial charge in [-0.2, -0.15) is 0 Å². The number of halogens is 2. The highest BCUT2D eigenvalue weighted by molar-refractivity contribution is 9.10. The molecule has 8 heteroatoms. The van der Waals surface area contributed by atoms with Gasteiger partial charge in [-0.1, -0.05) is 11.6 Å². The first-order chi connectivity index (χ1) is 11.5. The van der Waals surface area contributed by atoms with E-state index in [1.807, 2.05) is 29.8 Å². The maximum atomic E-state index is 6.40. The van der Waals surface area contributed by atoms with Crippen molar-refractivity contribution in [3.63, 3.8) is 0 Å². The Hall–Kier alpha value is -2.25. The number of aryl methyl sites for hydroxylation is 1. The summed E-state index contributed by atoms with van der Waals surface area (Å²) in [6.07, 6.45) is 5.44. The molecule has 0 bridgehead atoms. The second-order valence-electron chi connectivity index (χ2n) is 5.26. The van der Waals surface area contributed by atoms with Crippen molar-refractivity contribution in [2.45, 2.75) is 6.92 Å². The molecular formula is C16H11BrClN5O. The van der Waals surface area contributed by atoms with Gasteiger partial charge in [0.05, 0.1) is 23.5 Å². The minimum Gasteiger partial charge on any atom is -0.478 e. The smallest absolute Gasteiger partial charge is 0.258 e. The van der Waals surface area contributed by atoms with Crippen LogP contribution in [-0.2, 0) is 0 Å². The summed E-state index contributed by atoms with van der Waals surface area (Å²) in [7, 11) is 1.57. The molecule has 0 saturated heterocycles. The Morgan fingerprint density at radius 3 is 2.75 bits per heavy atom. The van der Waals surface area contributed by atoms with Gasteiger partial charge in [0.1, 0.15) is 5.69 Å². The van der Waals surface area contributed by atoms with E-state index in [2.05, 4.69) is 35.9 Å². The van der Waals surface area contributed by atoms with Crippen molar-refractivity contribution < 1.29 is 4.74 Å². The number of rotatable bonds is 2. The molecule has 6 nitrogen and oxygen atoms in total. The minimum absolute atomic E-state index is 0.433. The molecule has 0 atom stereocenters. The summed E-state index contributed by atoms with van der Waals surface area (Å²) in [5, 5.41) is 1.34. The van der Waals surface area contributed by atoms with Crippen LogP contribution in [0.15, 0.2) is 35.2 Å². The van der Waals surface area contributed by atoms with E-state index >= 15 is 0 Å². The molecule has 4 heterocycles. The lowest BCUT2D eigenvalue weighted by molar-refractivity contribution is 0.400. The van der Waals surface area contributed by atoms with E-state index in [9.17, 15) is 0 Å². The van der Waals surface area contributed by atoms with Crippen LogP contribution in [0.1, 0.15) is 5.69 Å². The molecule has 0 radical (unpaired) electrons. The van der Waals surface area contributed by atoms with Gasteiger partial charge in [-0.3, -0.25) is 0 Å². The SMILES string of the molecule is COc1nc(-c2cc(Cl)c3cc(Br)cnc3n2)cn2cc(C)nc12. The van der Waals surface area contributed by atoms with E-state index in [-0.39, 0.29) is 0 Å². The van der Waals surface area contributed by atoms with E-state index in [1.165, 1.54) is 0 Å². The van der Waals surface area contributed by atoms with Crippen molar-refractivity contribution in [1.82, 2.24) is 24.3 Å². The Bertz CT molecular complexity index is 1090. The lowest BCUT2D eigenvalue weighted by Gasteiger charge is -2.08. The first-order valence-electron chi connectivity index (χ1n) is 7.07. The fourth-order valence-corrected chi connectivity index (χ4v) is 3.10. The molecule has 0 N–H and O–H groups in total. The van der Waals surface area contributed by atoms with Crippen LogP contribution in [0.3, 0.4) is 0 Å². The van der Waals surface area contributed by atoms with Crippen LogP contribution >= 0.6 is 27.5 Å². The molecule has 0 unspecified atom stereocenters. The molecule has 0 saturated carbocycles. The van der Waals surface area contributed by atoms with Gasteiger partial charge in [0.15, 0.2) is 5.65 Å². The molecule has 120 valence electrons. The normalized spacial score (nSPS) is 11.3. The Morgan fingerprint density at radius 1 is 1.12 bits per heavy atom. The molecule has 4 rings (SSSR count). The Kier molecular flexibility index (Phi) is 3.62. The van der Waals surface area contributed by atoms with E-state index in [1.54, 1.807) is 19.4 Å². The summed E-state index contributed by atoms with van der Waals surface area (Å²) in [5.74, 6) is 0.433. The van der Waals surface area contributed by atoms with Crippen LogP contribution in [0.4, 0.5) is 0 Å². The highest BCUT2D eigenvalue weighted by Gasteiger charge is 2.14. The predicted molar refractivity (Wildman–Crippen MR) is 95.5 cm³/mol. The molecule has 0 amide bonds. The topological polar surface area (TPSA) is 65.2 Å². The summed E-state index contributed by atoms with van der Waals surface area (Å²) in [4.78, 5) is 17.8. The standard InChI is InChI=1S/C16H11BrClN5O/c1-8-6-23-7-13(22-16(24-2)15(23)20-8)12-4-11(18)10-3-9(17)5-19-14(10)21-12/h3-7H,1-2H3. The molecule has 0 aliphatic heterocycles. The molecule has 0 fully saturated rings. The molecule has 24 heavy (non-hydrogen) atoms. The van der Waals surface area contributed by atoms with Crippen LogP contribution < -0.4 is 4.74 Å². The van der Waals surface area contributed by atoms with E-state index in [4.69, 9.17) is 16.3 Å². The van der Waals surface area contributed by atoms with E-state index < -0.39 is 0 Å². The van der Waals surface area contributed by atoms with Crippen LogP contribution in [0.5, 0.6) is 5.88 Å². The summed E-state index contributed by atoms with van der Waals surface area (Å²) in [5.41, 5.74) is 3.35. The van der Waals surface area contributed by atoms with Crippen molar-refractivity contribution in [2.24, 2.45) is 0 Å². The number of aromatic nitrogens is 5. The maximum absolute atomic E-state index is 6.40. The third kappa shape index (κ3) is 2.50. The number of hydrogen-bond donors (Lipinski definition) is 0. The molecule has 0 spiro atoms. The van der Waals surface area contributed by atoms with E-state index in [0.717, 1.165) is 15.6 Å². The monoisotopic (exact) mass is 403 g/mol. The predicted octanol–water partition coefficient (Wildman–Crippen LogP) is 4.07. The number of nitrogens with zero attached hydrogens (tertiary/aromatic N) is 5. The number of imidazole rings is 1. The fraction of sp³-hybridized carbons (Fsp3) is 0.125. The summed E-state index contributed by atoms with van der Waals surface area (Å²) in [6.45, 7) is 1.92. The van der Waals surface area contributed by atoms with Gasteiger partial charge in [0.2, 0.25) is 5.65 Å². The first kappa shape index (κ1) is 15.3. The zero-order valence-electron chi connectivity index (χ0n) is 12.8. The van der Waals surface area contributed by atoms with Gasteiger partial charge >= 0.3 is 0 Å². The van der Waals surface area contributed by atoms with Gasteiger partial charge < -0.3 is 9.14 Å². The van der Waals surface area contributed by atoms with Crippen molar-refractivity contribution >= 4 is 44.2 Å². The fourth-order valence-electron chi connectivity index (χ4n) is 2.53. The largest absolute Gasteiger partial charge is 0.478 e. The van der Waals surface area contributed by atoms with Crippen molar-refractivity contribution in [3.05, 3.63) is 45.9 Å². The summed E-state index contributed by atoms with van der Waals surface area (Å²) in [6, 6.07) is 3.66. The third-order valence-electron chi connectivity index (χ3n) is 3.56. The molecule has 4 aromatic rings. The number of fused-ring (bicyclic) bond motifs is 2. The van der Waals surface area contributed by atoms with Crippen molar-refractivity contribution in [1.29, 1.82) is 0 Å². The van der Waals surface area contributed by atoms with Crippen LogP contribution in [0.25, 0.3) is 28.1 Å². The van der Waals surface area contributed by atoms with Crippen LogP contribution in [-0.4, -0.2) is 31.4 Å². The van der Waals surface area contributed by atoms with Crippen molar-refractivity contribution in [2.75, 3.05) is 7.11 Å².